The standard InChI is InChI=1S/C10H11N3S2/c1-6-3-4-8(5-7(6)2)11-9-12-13-10(14)15-9/h3-5H,1-2H3,(H,11,12)(H,13,14). The molecule has 2 aromatic rings. The molecule has 0 fully saturated rings. The van der Waals surface area contributed by atoms with Gasteiger partial charge in [-0.2, -0.15) is 0 Å². The van der Waals surface area contributed by atoms with Crippen LogP contribution in [0.2, 0.25) is 0 Å². The molecule has 0 saturated heterocycles. The van der Waals surface area contributed by atoms with Gasteiger partial charge in [0.05, 0.1) is 0 Å². The van der Waals surface area contributed by atoms with Crippen molar-refractivity contribution in [2.75, 3.05) is 5.32 Å². The fourth-order valence-corrected chi connectivity index (χ4v) is 2.04. The highest BCUT2D eigenvalue weighted by molar-refractivity contribution is 7.73. The normalized spacial score (nSPS) is 10.3. The van der Waals surface area contributed by atoms with E-state index in [1.807, 2.05) is 6.07 Å². The quantitative estimate of drug-likeness (QED) is 0.785. The van der Waals surface area contributed by atoms with E-state index in [1.54, 1.807) is 0 Å². The first-order chi connectivity index (χ1) is 7.15. The van der Waals surface area contributed by atoms with Gasteiger partial charge in [0.15, 0.2) is 3.95 Å². The van der Waals surface area contributed by atoms with Crippen molar-refractivity contribution in [3.05, 3.63) is 33.3 Å². The van der Waals surface area contributed by atoms with E-state index >= 15 is 0 Å². The van der Waals surface area contributed by atoms with Crippen LogP contribution in [0.5, 0.6) is 0 Å². The molecule has 1 aromatic heterocycles. The van der Waals surface area contributed by atoms with E-state index < -0.39 is 0 Å². The zero-order valence-corrected chi connectivity index (χ0v) is 10.1. The third kappa shape index (κ3) is 2.43. The maximum Gasteiger partial charge on any atom is 0.208 e. The fraction of sp³-hybridized carbons (Fsp3) is 0.200. The Morgan fingerprint density at radius 1 is 1.33 bits per heavy atom. The number of hydrogen-bond acceptors (Lipinski definition) is 4. The first-order valence-corrected chi connectivity index (χ1v) is 5.77. The molecule has 5 heteroatoms. The Morgan fingerprint density at radius 2 is 2.13 bits per heavy atom. The van der Waals surface area contributed by atoms with Crippen LogP contribution in [0.25, 0.3) is 0 Å². The summed E-state index contributed by atoms with van der Waals surface area (Å²) in [5.41, 5.74) is 3.59. The SMILES string of the molecule is Cc1ccc(Nc2n[nH]c(=S)s2)cc1C. The molecule has 0 unspecified atom stereocenters. The molecule has 0 aliphatic rings. The Hall–Kier alpha value is -1.20. The van der Waals surface area contributed by atoms with Gasteiger partial charge < -0.3 is 5.32 Å². The van der Waals surface area contributed by atoms with E-state index in [9.17, 15) is 0 Å². The number of aromatic nitrogens is 2. The average Bonchev–Trinajstić information content (AvgIpc) is 2.58. The van der Waals surface area contributed by atoms with Gasteiger partial charge >= 0.3 is 0 Å². The predicted octanol–water partition coefficient (Wildman–Crippen LogP) is 3.56. The van der Waals surface area contributed by atoms with Crippen LogP contribution in [0.3, 0.4) is 0 Å². The summed E-state index contributed by atoms with van der Waals surface area (Å²) in [4.78, 5) is 0. The number of nitrogens with zero attached hydrogens (tertiary/aromatic N) is 1. The van der Waals surface area contributed by atoms with Crippen LogP contribution >= 0.6 is 23.6 Å². The second-order valence-electron chi connectivity index (χ2n) is 3.34. The summed E-state index contributed by atoms with van der Waals surface area (Å²) < 4.78 is 0.682. The van der Waals surface area contributed by atoms with Gasteiger partial charge in [0, 0.05) is 5.69 Å². The smallest absolute Gasteiger partial charge is 0.208 e. The lowest BCUT2D eigenvalue weighted by atomic mass is 10.1. The van der Waals surface area contributed by atoms with Crippen LogP contribution in [-0.4, -0.2) is 10.2 Å². The molecule has 0 aliphatic heterocycles. The van der Waals surface area contributed by atoms with Crippen molar-refractivity contribution in [2.45, 2.75) is 13.8 Å². The molecule has 0 radical (unpaired) electrons. The predicted molar refractivity (Wildman–Crippen MR) is 66.5 cm³/mol. The lowest BCUT2D eigenvalue weighted by molar-refractivity contribution is 1.08. The second kappa shape index (κ2) is 4.12. The van der Waals surface area contributed by atoms with Crippen molar-refractivity contribution in [3.8, 4) is 0 Å². The van der Waals surface area contributed by atoms with Gasteiger partial charge in [-0.15, -0.1) is 5.10 Å². The molecule has 3 nitrogen and oxygen atoms in total. The van der Waals surface area contributed by atoms with Crippen molar-refractivity contribution in [1.29, 1.82) is 0 Å². The zero-order valence-electron chi connectivity index (χ0n) is 8.50. The minimum Gasteiger partial charge on any atom is -0.330 e. The van der Waals surface area contributed by atoms with Gasteiger partial charge in [-0.05, 0) is 49.3 Å². The lowest BCUT2D eigenvalue weighted by Crippen LogP contribution is -1.91. The van der Waals surface area contributed by atoms with Gasteiger partial charge in [0.2, 0.25) is 5.13 Å². The summed E-state index contributed by atoms with van der Waals surface area (Å²) in [6, 6.07) is 6.22. The molecule has 0 saturated carbocycles. The minimum atomic E-state index is 0.682. The maximum atomic E-state index is 4.96. The number of H-pyrrole nitrogens is 1. The number of anilines is 2. The number of rotatable bonds is 2. The summed E-state index contributed by atoms with van der Waals surface area (Å²) in [5, 5.41) is 10.8. The Labute approximate surface area is 97.2 Å². The lowest BCUT2D eigenvalue weighted by Gasteiger charge is -2.04. The Kier molecular flexibility index (Phi) is 2.83. The summed E-state index contributed by atoms with van der Waals surface area (Å²) in [6.07, 6.45) is 0. The molecule has 0 aliphatic carbocycles. The molecule has 0 spiro atoms. The van der Waals surface area contributed by atoms with Crippen LogP contribution in [0.1, 0.15) is 11.1 Å². The third-order valence-corrected chi connectivity index (χ3v) is 3.20. The number of aryl methyl sites for hydroxylation is 2. The number of benzene rings is 1. The molecule has 0 bridgehead atoms. The van der Waals surface area contributed by atoms with E-state index in [1.165, 1.54) is 22.5 Å². The van der Waals surface area contributed by atoms with Gasteiger partial charge in [0.25, 0.3) is 0 Å². The highest BCUT2D eigenvalue weighted by Crippen LogP contribution is 2.20. The van der Waals surface area contributed by atoms with Crippen LogP contribution in [0, 0.1) is 17.8 Å². The molecular weight excluding hydrogens is 226 g/mol. The van der Waals surface area contributed by atoms with Crippen molar-refractivity contribution in [3.63, 3.8) is 0 Å². The van der Waals surface area contributed by atoms with Gasteiger partial charge in [0.1, 0.15) is 0 Å². The minimum absolute atomic E-state index is 0.682. The van der Waals surface area contributed by atoms with E-state index in [4.69, 9.17) is 12.2 Å². The highest BCUT2D eigenvalue weighted by atomic mass is 32.1. The molecule has 78 valence electrons. The summed E-state index contributed by atoms with van der Waals surface area (Å²) >= 11 is 6.39. The molecule has 0 amide bonds. The van der Waals surface area contributed by atoms with Crippen molar-refractivity contribution >= 4 is 34.4 Å². The van der Waals surface area contributed by atoms with Crippen LogP contribution in [0.4, 0.5) is 10.8 Å². The molecule has 1 aromatic carbocycles. The van der Waals surface area contributed by atoms with Gasteiger partial charge in [-0.25, -0.2) is 0 Å². The van der Waals surface area contributed by atoms with Crippen LogP contribution < -0.4 is 5.32 Å². The topological polar surface area (TPSA) is 40.7 Å². The molecular formula is C10H11N3S2. The van der Waals surface area contributed by atoms with Crippen molar-refractivity contribution < 1.29 is 0 Å². The molecule has 2 rings (SSSR count). The summed E-state index contributed by atoms with van der Waals surface area (Å²) in [7, 11) is 0. The van der Waals surface area contributed by atoms with E-state index in [-0.39, 0.29) is 0 Å². The monoisotopic (exact) mass is 237 g/mol. The average molecular weight is 237 g/mol. The van der Waals surface area contributed by atoms with Gasteiger partial charge in [-0.1, -0.05) is 17.4 Å². The van der Waals surface area contributed by atoms with E-state index in [0.29, 0.717) is 3.95 Å². The third-order valence-electron chi connectivity index (χ3n) is 2.20. The van der Waals surface area contributed by atoms with Crippen molar-refractivity contribution in [1.82, 2.24) is 10.2 Å². The highest BCUT2D eigenvalue weighted by Gasteiger charge is 1.99. The largest absolute Gasteiger partial charge is 0.330 e. The fourth-order valence-electron chi connectivity index (χ4n) is 1.23. The first-order valence-electron chi connectivity index (χ1n) is 4.55. The number of aromatic amines is 1. The summed E-state index contributed by atoms with van der Waals surface area (Å²) in [6.45, 7) is 4.19. The number of nitrogens with one attached hydrogen (secondary N) is 2. The number of hydrogen-bond donors (Lipinski definition) is 2. The van der Waals surface area contributed by atoms with Crippen LogP contribution in [-0.2, 0) is 0 Å². The first kappa shape index (κ1) is 10.3. The van der Waals surface area contributed by atoms with Crippen molar-refractivity contribution in [2.24, 2.45) is 0 Å². The van der Waals surface area contributed by atoms with Gasteiger partial charge in [-0.3, -0.25) is 5.10 Å². The molecule has 2 N–H and O–H groups in total. The zero-order chi connectivity index (χ0) is 10.8. The molecule has 1 heterocycles. The second-order valence-corrected chi connectivity index (χ2v) is 5.01. The van der Waals surface area contributed by atoms with E-state index in [0.717, 1.165) is 10.8 Å². The van der Waals surface area contributed by atoms with Crippen LogP contribution in [0.15, 0.2) is 18.2 Å². The Morgan fingerprint density at radius 3 is 2.73 bits per heavy atom. The van der Waals surface area contributed by atoms with E-state index in [2.05, 4.69) is 41.5 Å². The molecule has 0 atom stereocenters. The molecule has 15 heavy (non-hydrogen) atoms. The Bertz CT molecular complexity index is 527. The summed E-state index contributed by atoms with van der Waals surface area (Å²) in [5.74, 6) is 0. The maximum absolute atomic E-state index is 4.96. The Balaban J connectivity index is 2.24.